The SMILES string of the molecule is CCCc1cc(NC2CCCC2SCC)ncn1. The highest BCUT2D eigenvalue weighted by molar-refractivity contribution is 7.99. The topological polar surface area (TPSA) is 37.8 Å². The fourth-order valence-electron chi connectivity index (χ4n) is 2.56. The molecule has 0 aromatic carbocycles. The molecule has 1 saturated carbocycles. The molecule has 0 radical (unpaired) electrons. The summed E-state index contributed by atoms with van der Waals surface area (Å²) >= 11 is 2.07. The van der Waals surface area contributed by atoms with Crippen molar-refractivity contribution >= 4 is 17.6 Å². The van der Waals surface area contributed by atoms with Gasteiger partial charge in [0.1, 0.15) is 12.1 Å². The summed E-state index contributed by atoms with van der Waals surface area (Å²) in [4.78, 5) is 8.65. The zero-order valence-electron chi connectivity index (χ0n) is 11.4. The van der Waals surface area contributed by atoms with Gasteiger partial charge >= 0.3 is 0 Å². The predicted molar refractivity (Wildman–Crippen MR) is 79.2 cm³/mol. The summed E-state index contributed by atoms with van der Waals surface area (Å²) < 4.78 is 0. The van der Waals surface area contributed by atoms with E-state index in [1.165, 1.54) is 25.0 Å². The summed E-state index contributed by atoms with van der Waals surface area (Å²) in [6.07, 6.45) is 7.80. The van der Waals surface area contributed by atoms with Gasteiger partial charge in [0.15, 0.2) is 0 Å². The number of anilines is 1. The van der Waals surface area contributed by atoms with Crippen molar-refractivity contribution in [2.45, 2.75) is 57.2 Å². The second-order valence-electron chi connectivity index (χ2n) is 4.82. The van der Waals surface area contributed by atoms with Crippen molar-refractivity contribution in [1.82, 2.24) is 9.97 Å². The van der Waals surface area contributed by atoms with Crippen LogP contribution >= 0.6 is 11.8 Å². The lowest BCUT2D eigenvalue weighted by molar-refractivity contribution is 0.759. The summed E-state index contributed by atoms with van der Waals surface area (Å²) in [5.74, 6) is 2.20. The van der Waals surface area contributed by atoms with Crippen molar-refractivity contribution in [2.75, 3.05) is 11.1 Å². The van der Waals surface area contributed by atoms with E-state index < -0.39 is 0 Å². The molecule has 0 amide bonds. The van der Waals surface area contributed by atoms with Crippen LogP contribution in [0.15, 0.2) is 12.4 Å². The van der Waals surface area contributed by atoms with E-state index in [2.05, 4.69) is 47.0 Å². The molecule has 0 saturated heterocycles. The molecule has 2 unspecified atom stereocenters. The Morgan fingerprint density at radius 1 is 1.33 bits per heavy atom. The molecule has 0 bridgehead atoms. The van der Waals surface area contributed by atoms with Crippen LogP contribution in [0.4, 0.5) is 5.82 Å². The van der Waals surface area contributed by atoms with E-state index in [1.807, 2.05) is 0 Å². The van der Waals surface area contributed by atoms with Crippen molar-refractivity contribution < 1.29 is 0 Å². The van der Waals surface area contributed by atoms with Crippen LogP contribution in [0.25, 0.3) is 0 Å². The number of rotatable bonds is 6. The normalized spacial score (nSPS) is 23.2. The van der Waals surface area contributed by atoms with Crippen molar-refractivity contribution in [3.05, 3.63) is 18.1 Å². The van der Waals surface area contributed by atoms with E-state index in [4.69, 9.17) is 0 Å². The van der Waals surface area contributed by atoms with Gasteiger partial charge in [-0.15, -0.1) is 0 Å². The third-order valence-corrected chi connectivity index (χ3v) is 4.72. The third kappa shape index (κ3) is 3.61. The number of thioether (sulfide) groups is 1. The predicted octanol–water partition coefficient (Wildman–Crippen LogP) is 3.52. The molecule has 2 atom stereocenters. The lowest BCUT2D eigenvalue weighted by Gasteiger charge is -2.20. The monoisotopic (exact) mass is 265 g/mol. The fourth-order valence-corrected chi connectivity index (χ4v) is 3.76. The Morgan fingerprint density at radius 2 is 2.22 bits per heavy atom. The minimum Gasteiger partial charge on any atom is -0.366 e. The third-order valence-electron chi connectivity index (χ3n) is 3.40. The number of nitrogens with zero attached hydrogens (tertiary/aromatic N) is 2. The smallest absolute Gasteiger partial charge is 0.129 e. The summed E-state index contributed by atoms with van der Waals surface area (Å²) in [5.41, 5.74) is 1.15. The van der Waals surface area contributed by atoms with Gasteiger partial charge < -0.3 is 5.32 Å². The number of hydrogen-bond acceptors (Lipinski definition) is 4. The molecular weight excluding hydrogens is 242 g/mol. The number of nitrogens with one attached hydrogen (secondary N) is 1. The van der Waals surface area contributed by atoms with Crippen LogP contribution in [-0.2, 0) is 6.42 Å². The van der Waals surface area contributed by atoms with Gasteiger partial charge in [-0.2, -0.15) is 11.8 Å². The van der Waals surface area contributed by atoms with E-state index in [9.17, 15) is 0 Å². The molecule has 1 aliphatic rings. The quantitative estimate of drug-likeness (QED) is 0.854. The van der Waals surface area contributed by atoms with E-state index >= 15 is 0 Å². The molecule has 1 fully saturated rings. The maximum Gasteiger partial charge on any atom is 0.129 e. The lowest BCUT2D eigenvalue weighted by atomic mass is 10.2. The molecule has 1 N–H and O–H groups in total. The Kier molecular flexibility index (Phi) is 5.29. The van der Waals surface area contributed by atoms with E-state index in [-0.39, 0.29) is 0 Å². The standard InChI is InChI=1S/C14H23N3S/c1-3-6-11-9-14(16-10-15-11)17-12-7-5-8-13(12)18-4-2/h9-10,12-13H,3-8H2,1-2H3,(H,15,16,17). The molecule has 0 aliphatic heterocycles. The Bertz CT molecular complexity index is 370. The van der Waals surface area contributed by atoms with Crippen LogP contribution in [-0.4, -0.2) is 27.0 Å². The van der Waals surface area contributed by atoms with E-state index in [1.54, 1.807) is 6.33 Å². The van der Waals surface area contributed by atoms with E-state index in [0.29, 0.717) is 6.04 Å². The molecule has 1 aromatic rings. The van der Waals surface area contributed by atoms with Gasteiger partial charge in [0.2, 0.25) is 0 Å². The molecule has 1 aromatic heterocycles. The van der Waals surface area contributed by atoms with Gasteiger partial charge in [0, 0.05) is 23.1 Å². The van der Waals surface area contributed by atoms with Gasteiger partial charge in [0.25, 0.3) is 0 Å². The van der Waals surface area contributed by atoms with Crippen LogP contribution in [0.1, 0.15) is 45.2 Å². The first kappa shape index (κ1) is 13.7. The Hall–Kier alpha value is -0.770. The van der Waals surface area contributed by atoms with Crippen LogP contribution in [0.5, 0.6) is 0 Å². The molecule has 2 rings (SSSR count). The first-order valence-corrected chi connectivity index (χ1v) is 8.07. The molecule has 0 spiro atoms. The summed E-state index contributed by atoms with van der Waals surface area (Å²) in [6.45, 7) is 4.42. The minimum absolute atomic E-state index is 0.583. The zero-order chi connectivity index (χ0) is 12.8. The lowest BCUT2D eigenvalue weighted by Crippen LogP contribution is -2.26. The van der Waals surface area contributed by atoms with Crippen molar-refractivity contribution in [3.8, 4) is 0 Å². The van der Waals surface area contributed by atoms with Crippen LogP contribution in [0.3, 0.4) is 0 Å². The first-order chi connectivity index (χ1) is 8.83. The minimum atomic E-state index is 0.583. The molecule has 100 valence electrons. The maximum atomic E-state index is 4.35. The summed E-state index contributed by atoms with van der Waals surface area (Å²) in [6, 6.07) is 2.69. The van der Waals surface area contributed by atoms with Crippen molar-refractivity contribution in [3.63, 3.8) is 0 Å². The summed E-state index contributed by atoms with van der Waals surface area (Å²) in [5, 5.41) is 4.35. The Morgan fingerprint density at radius 3 is 3.00 bits per heavy atom. The summed E-state index contributed by atoms with van der Waals surface area (Å²) in [7, 11) is 0. The second kappa shape index (κ2) is 6.98. The van der Waals surface area contributed by atoms with Crippen molar-refractivity contribution in [2.24, 2.45) is 0 Å². The maximum absolute atomic E-state index is 4.35. The number of aromatic nitrogens is 2. The highest BCUT2D eigenvalue weighted by Gasteiger charge is 2.27. The van der Waals surface area contributed by atoms with Gasteiger partial charge in [-0.3, -0.25) is 0 Å². The van der Waals surface area contributed by atoms with Crippen molar-refractivity contribution in [1.29, 1.82) is 0 Å². The van der Waals surface area contributed by atoms with Gasteiger partial charge in [-0.25, -0.2) is 9.97 Å². The molecule has 4 heteroatoms. The average Bonchev–Trinajstić information content (AvgIpc) is 2.78. The molecule has 1 aliphatic carbocycles. The van der Waals surface area contributed by atoms with Gasteiger partial charge in [-0.05, 0) is 25.0 Å². The Labute approximate surface area is 114 Å². The van der Waals surface area contributed by atoms with Gasteiger partial charge in [-0.1, -0.05) is 26.7 Å². The molecule has 1 heterocycles. The average molecular weight is 265 g/mol. The van der Waals surface area contributed by atoms with Crippen LogP contribution in [0, 0.1) is 0 Å². The largest absolute Gasteiger partial charge is 0.366 e. The fraction of sp³-hybridized carbons (Fsp3) is 0.714. The molecule has 3 nitrogen and oxygen atoms in total. The number of hydrogen-bond donors (Lipinski definition) is 1. The second-order valence-corrected chi connectivity index (χ2v) is 6.34. The van der Waals surface area contributed by atoms with E-state index in [0.717, 1.165) is 29.6 Å². The number of aryl methyl sites for hydroxylation is 1. The van der Waals surface area contributed by atoms with Crippen LogP contribution in [0.2, 0.25) is 0 Å². The first-order valence-electron chi connectivity index (χ1n) is 7.02. The Balaban J connectivity index is 1.97. The van der Waals surface area contributed by atoms with Crippen LogP contribution < -0.4 is 5.32 Å². The highest BCUT2D eigenvalue weighted by atomic mass is 32.2. The molecule has 18 heavy (non-hydrogen) atoms. The van der Waals surface area contributed by atoms with Gasteiger partial charge in [0.05, 0.1) is 0 Å². The molecular formula is C14H23N3S. The zero-order valence-corrected chi connectivity index (χ0v) is 12.2. The highest BCUT2D eigenvalue weighted by Crippen LogP contribution is 2.31.